The van der Waals surface area contributed by atoms with E-state index >= 15 is 0 Å². The van der Waals surface area contributed by atoms with Crippen molar-refractivity contribution in [3.05, 3.63) is 23.7 Å². The average Bonchev–Trinajstić information content (AvgIpc) is 2.89. The van der Waals surface area contributed by atoms with E-state index in [9.17, 15) is 0 Å². The molecule has 1 aromatic rings. The van der Waals surface area contributed by atoms with E-state index in [0.29, 0.717) is 18.2 Å². The first-order valence-corrected chi connectivity index (χ1v) is 7.23. The summed E-state index contributed by atoms with van der Waals surface area (Å²) in [5.74, 6) is 1.18. The molecule has 0 radical (unpaired) electrons. The average molecular weight is 249 g/mol. The lowest BCUT2D eigenvalue weighted by Crippen LogP contribution is -2.45. The summed E-state index contributed by atoms with van der Waals surface area (Å²) in [5.41, 5.74) is 1.38. The van der Waals surface area contributed by atoms with Crippen LogP contribution in [0.15, 0.2) is 16.7 Å². The third-order valence-electron chi connectivity index (χ3n) is 4.47. The molecule has 3 heteroatoms. The monoisotopic (exact) mass is 249 g/mol. The molecule has 0 spiro atoms. The van der Waals surface area contributed by atoms with Crippen LogP contribution in [0.3, 0.4) is 0 Å². The van der Waals surface area contributed by atoms with Crippen LogP contribution in [0.2, 0.25) is 0 Å². The Morgan fingerprint density at radius 1 is 1.22 bits per heavy atom. The molecule has 3 unspecified atom stereocenters. The van der Waals surface area contributed by atoms with E-state index in [1.54, 1.807) is 0 Å². The van der Waals surface area contributed by atoms with Crippen LogP contribution in [0.5, 0.6) is 0 Å². The first-order chi connectivity index (χ1) is 8.88. The molecule has 1 aromatic heterocycles. The van der Waals surface area contributed by atoms with Crippen LogP contribution in [-0.4, -0.2) is 19.3 Å². The largest absolute Gasteiger partial charge is 0.469 e. The van der Waals surface area contributed by atoms with Crippen LogP contribution in [0.1, 0.15) is 55.9 Å². The summed E-state index contributed by atoms with van der Waals surface area (Å²) >= 11 is 0. The molecule has 2 aliphatic carbocycles. The first-order valence-electron chi connectivity index (χ1n) is 7.23. The molecule has 1 saturated carbocycles. The van der Waals surface area contributed by atoms with Gasteiger partial charge in [0.25, 0.3) is 0 Å². The van der Waals surface area contributed by atoms with Crippen molar-refractivity contribution in [2.24, 2.45) is 0 Å². The number of fused-ring (bicyclic) bond motifs is 1. The Labute approximate surface area is 109 Å². The number of methoxy groups -OCH3 is 1. The van der Waals surface area contributed by atoms with Crippen molar-refractivity contribution in [2.75, 3.05) is 7.11 Å². The lowest BCUT2D eigenvalue weighted by molar-refractivity contribution is 0.0367. The number of ether oxygens (including phenoxy) is 1. The summed E-state index contributed by atoms with van der Waals surface area (Å²) in [7, 11) is 1.84. The van der Waals surface area contributed by atoms with Gasteiger partial charge in [-0.25, -0.2) is 0 Å². The van der Waals surface area contributed by atoms with Gasteiger partial charge < -0.3 is 14.5 Å². The van der Waals surface area contributed by atoms with Crippen LogP contribution in [0, 0.1) is 0 Å². The van der Waals surface area contributed by atoms with E-state index in [-0.39, 0.29) is 0 Å². The predicted octanol–water partition coefficient (Wildman–Crippen LogP) is 3.20. The maximum atomic E-state index is 5.63. The minimum absolute atomic E-state index is 0.385. The molecule has 3 atom stereocenters. The Balaban J connectivity index is 1.69. The van der Waals surface area contributed by atoms with Crippen LogP contribution < -0.4 is 5.32 Å². The molecule has 18 heavy (non-hydrogen) atoms. The fraction of sp³-hybridized carbons (Fsp3) is 0.733. The Bertz CT molecular complexity index is 388. The number of nitrogens with one attached hydrogen (secondary N) is 1. The zero-order valence-electron chi connectivity index (χ0n) is 11.2. The van der Waals surface area contributed by atoms with Crippen molar-refractivity contribution in [1.29, 1.82) is 0 Å². The second kappa shape index (κ2) is 5.45. The minimum atomic E-state index is 0.385. The summed E-state index contributed by atoms with van der Waals surface area (Å²) in [6.07, 6.45) is 10.8. The predicted molar refractivity (Wildman–Crippen MR) is 70.6 cm³/mol. The lowest BCUT2D eigenvalue weighted by Gasteiger charge is -2.35. The van der Waals surface area contributed by atoms with Gasteiger partial charge in [-0.3, -0.25) is 0 Å². The second-order valence-corrected chi connectivity index (χ2v) is 5.58. The van der Waals surface area contributed by atoms with Gasteiger partial charge in [0, 0.05) is 31.2 Å². The highest BCUT2D eigenvalue weighted by Gasteiger charge is 2.30. The van der Waals surface area contributed by atoms with Crippen LogP contribution in [0.4, 0.5) is 0 Å². The second-order valence-electron chi connectivity index (χ2n) is 5.58. The molecule has 0 aliphatic heterocycles. The molecule has 0 aromatic carbocycles. The van der Waals surface area contributed by atoms with E-state index in [2.05, 4.69) is 11.4 Å². The van der Waals surface area contributed by atoms with E-state index in [0.717, 1.165) is 6.42 Å². The zero-order chi connectivity index (χ0) is 12.4. The van der Waals surface area contributed by atoms with Gasteiger partial charge >= 0.3 is 0 Å². The normalized spacial score (nSPS) is 32.2. The maximum Gasteiger partial charge on any atom is 0.108 e. The summed E-state index contributed by atoms with van der Waals surface area (Å²) in [6.45, 7) is 0. The molecule has 1 heterocycles. The van der Waals surface area contributed by atoms with Crippen LogP contribution in [0.25, 0.3) is 0 Å². The van der Waals surface area contributed by atoms with E-state index in [1.807, 2.05) is 13.4 Å². The fourth-order valence-corrected chi connectivity index (χ4v) is 3.49. The van der Waals surface area contributed by atoms with E-state index < -0.39 is 0 Å². The van der Waals surface area contributed by atoms with Crippen molar-refractivity contribution in [3.63, 3.8) is 0 Å². The van der Waals surface area contributed by atoms with Gasteiger partial charge in [0.2, 0.25) is 0 Å². The van der Waals surface area contributed by atoms with Gasteiger partial charge in [0.05, 0.1) is 12.4 Å². The van der Waals surface area contributed by atoms with Gasteiger partial charge in [0.1, 0.15) is 5.76 Å². The number of rotatable bonds is 3. The van der Waals surface area contributed by atoms with Gasteiger partial charge in [-0.2, -0.15) is 0 Å². The van der Waals surface area contributed by atoms with Crippen molar-refractivity contribution in [1.82, 2.24) is 5.32 Å². The van der Waals surface area contributed by atoms with Crippen LogP contribution in [-0.2, 0) is 11.2 Å². The van der Waals surface area contributed by atoms with Crippen molar-refractivity contribution in [3.8, 4) is 0 Å². The van der Waals surface area contributed by atoms with Crippen molar-refractivity contribution < 1.29 is 9.15 Å². The standard InChI is InChI=1S/C15H23NO2/c1-17-15-7-3-2-5-13(15)16-12-6-4-8-14-11(12)9-10-18-14/h9-10,12-13,15-16H,2-8H2,1H3. The Morgan fingerprint density at radius 2 is 2.11 bits per heavy atom. The van der Waals surface area contributed by atoms with Gasteiger partial charge in [-0.15, -0.1) is 0 Å². The number of hydrogen-bond acceptors (Lipinski definition) is 3. The van der Waals surface area contributed by atoms with E-state index in [4.69, 9.17) is 9.15 Å². The van der Waals surface area contributed by atoms with Crippen LogP contribution >= 0.6 is 0 Å². The number of furan rings is 1. The van der Waals surface area contributed by atoms with Gasteiger partial charge in [0.15, 0.2) is 0 Å². The molecular formula is C15H23NO2. The van der Waals surface area contributed by atoms with E-state index in [1.165, 1.54) is 49.8 Å². The zero-order valence-corrected chi connectivity index (χ0v) is 11.2. The smallest absolute Gasteiger partial charge is 0.108 e. The molecule has 2 aliphatic rings. The molecule has 1 fully saturated rings. The molecule has 3 rings (SSSR count). The highest BCUT2D eigenvalue weighted by molar-refractivity contribution is 5.24. The van der Waals surface area contributed by atoms with Gasteiger partial charge in [-0.05, 0) is 31.7 Å². The molecule has 100 valence electrons. The molecular weight excluding hydrogens is 226 g/mol. The SMILES string of the molecule is COC1CCCCC1NC1CCCc2occc21. The van der Waals surface area contributed by atoms with Crippen molar-refractivity contribution >= 4 is 0 Å². The minimum Gasteiger partial charge on any atom is -0.469 e. The fourth-order valence-electron chi connectivity index (χ4n) is 3.49. The Hall–Kier alpha value is -0.800. The third kappa shape index (κ3) is 2.34. The van der Waals surface area contributed by atoms with Crippen molar-refractivity contribution in [2.45, 2.75) is 63.1 Å². The summed E-state index contributed by atoms with van der Waals surface area (Å²) < 4.78 is 11.2. The maximum absolute atomic E-state index is 5.63. The molecule has 3 nitrogen and oxygen atoms in total. The number of aryl methyl sites for hydroxylation is 1. The lowest BCUT2D eigenvalue weighted by atomic mass is 9.88. The number of hydrogen-bond donors (Lipinski definition) is 1. The summed E-state index contributed by atoms with van der Waals surface area (Å²) in [5, 5.41) is 3.82. The van der Waals surface area contributed by atoms with Gasteiger partial charge in [-0.1, -0.05) is 12.8 Å². The Kier molecular flexibility index (Phi) is 3.71. The third-order valence-corrected chi connectivity index (χ3v) is 4.47. The first kappa shape index (κ1) is 12.2. The Morgan fingerprint density at radius 3 is 3.00 bits per heavy atom. The summed E-state index contributed by atoms with van der Waals surface area (Å²) in [6, 6.07) is 3.11. The molecule has 0 bridgehead atoms. The topological polar surface area (TPSA) is 34.4 Å². The quantitative estimate of drug-likeness (QED) is 0.893. The molecule has 0 amide bonds. The molecule has 0 saturated heterocycles. The molecule has 1 N–H and O–H groups in total. The highest BCUT2D eigenvalue weighted by Crippen LogP contribution is 2.32. The highest BCUT2D eigenvalue weighted by atomic mass is 16.5. The summed E-state index contributed by atoms with van der Waals surface area (Å²) in [4.78, 5) is 0.